The van der Waals surface area contributed by atoms with Gasteiger partial charge in [0.05, 0.1) is 6.54 Å². The van der Waals surface area contributed by atoms with Crippen LogP contribution in [0.25, 0.3) is 6.08 Å². The van der Waals surface area contributed by atoms with Crippen LogP contribution in [0.2, 0.25) is 5.02 Å². The van der Waals surface area contributed by atoms with E-state index in [4.69, 9.17) is 11.6 Å². The topological polar surface area (TPSA) is 16.6 Å². The predicted molar refractivity (Wildman–Crippen MR) is 85.5 cm³/mol. The van der Waals surface area contributed by atoms with Crippen LogP contribution in [-0.4, -0.2) is 13.1 Å². The molecule has 0 heterocycles. The molecule has 1 nitrogen and oxygen atoms in total. The Morgan fingerprint density at radius 1 is 1.00 bits per heavy atom. The quantitative estimate of drug-likeness (QED) is 0.581. The van der Waals surface area contributed by atoms with Crippen molar-refractivity contribution in [1.82, 2.24) is 0 Å². The zero-order valence-electron chi connectivity index (χ0n) is 11.6. The first-order valence-electron chi connectivity index (χ1n) is 6.62. The summed E-state index contributed by atoms with van der Waals surface area (Å²) >= 11 is 5.82. The monoisotopic (exact) mass is 361 g/mol. The molecule has 0 aliphatic rings. The van der Waals surface area contributed by atoms with Crippen molar-refractivity contribution in [3.8, 4) is 11.8 Å². The van der Waals surface area contributed by atoms with Crippen molar-refractivity contribution in [2.45, 2.75) is 0 Å². The third kappa shape index (κ3) is 7.15. The SMILES string of the molecule is Clc1ccc(C#CC[NH2+]CC=Cc2ccccc2)cc1.[Br-]. The van der Waals surface area contributed by atoms with Gasteiger partial charge in [-0.1, -0.05) is 53.9 Å². The maximum absolute atomic E-state index is 5.82. The summed E-state index contributed by atoms with van der Waals surface area (Å²) in [7, 11) is 0. The molecule has 21 heavy (non-hydrogen) atoms. The average molecular weight is 363 g/mol. The lowest BCUT2D eigenvalue weighted by Crippen LogP contribution is -3.00. The van der Waals surface area contributed by atoms with Gasteiger partial charge in [0.25, 0.3) is 0 Å². The molecule has 2 aromatic rings. The van der Waals surface area contributed by atoms with E-state index >= 15 is 0 Å². The Kier molecular flexibility index (Phi) is 8.54. The summed E-state index contributed by atoms with van der Waals surface area (Å²) in [4.78, 5) is 0. The Bertz CT molecular complexity index is 609. The maximum Gasteiger partial charge on any atom is 0.138 e. The van der Waals surface area contributed by atoms with Gasteiger partial charge in [0.1, 0.15) is 6.54 Å². The highest BCUT2D eigenvalue weighted by molar-refractivity contribution is 6.30. The van der Waals surface area contributed by atoms with Crippen molar-refractivity contribution in [2.24, 2.45) is 0 Å². The second kappa shape index (κ2) is 10.2. The molecule has 108 valence electrons. The fourth-order valence-corrected chi connectivity index (χ4v) is 1.83. The standard InChI is InChI=1S/C18H16ClN.BrH/c19-18-12-10-17(11-13-18)9-5-15-20-14-4-8-16-6-2-1-3-7-16;/h1-4,6-8,10-13,20H,14-15H2;1H. The van der Waals surface area contributed by atoms with Crippen molar-refractivity contribution in [3.63, 3.8) is 0 Å². The third-order valence-corrected chi connectivity index (χ3v) is 2.99. The minimum absolute atomic E-state index is 0. The van der Waals surface area contributed by atoms with Crippen LogP contribution in [0, 0.1) is 11.8 Å². The number of nitrogens with two attached hydrogens (primary N) is 1. The Morgan fingerprint density at radius 3 is 2.43 bits per heavy atom. The molecule has 0 radical (unpaired) electrons. The van der Waals surface area contributed by atoms with Crippen LogP contribution in [-0.2, 0) is 0 Å². The van der Waals surface area contributed by atoms with Gasteiger partial charge in [-0.3, -0.25) is 0 Å². The molecule has 0 bridgehead atoms. The van der Waals surface area contributed by atoms with E-state index in [0.29, 0.717) is 0 Å². The number of halogens is 2. The molecular weight excluding hydrogens is 346 g/mol. The van der Waals surface area contributed by atoms with Crippen LogP contribution >= 0.6 is 11.6 Å². The van der Waals surface area contributed by atoms with E-state index < -0.39 is 0 Å². The van der Waals surface area contributed by atoms with E-state index in [0.717, 1.165) is 23.7 Å². The largest absolute Gasteiger partial charge is 1.00 e. The van der Waals surface area contributed by atoms with E-state index in [1.54, 1.807) is 0 Å². The third-order valence-electron chi connectivity index (χ3n) is 2.74. The number of hydrogen-bond acceptors (Lipinski definition) is 0. The van der Waals surface area contributed by atoms with Crippen LogP contribution < -0.4 is 22.3 Å². The van der Waals surface area contributed by atoms with Gasteiger partial charge >= 0.3 is 0 Å². The minimum Gasteiger partial charge on any atom is -1.00 e. The molecule has 0 spiro atoms. The molecular formula is C18H17BrClN. The highest BCUT2D eigenvalue weighted by atomic mass is 79.9. The number of hydrogen-bond donors (Lipinski definition) is 1. The summed E-state index contributed by atoms with van der Waals surface area (Å²) in [6, 6.07) is 17.9. The fraction of sp³-hybridized carbons (Fsp3) is 0.111. The first-order valence-corrected chi connectivity index (χ1v) is 7.00. The van der Waals surface area contributed by atoms with Crippen LogP contribution in [0.1, 0.15) is 11.1 Å². The average Bonchev–Trinajstić information content (AvgIpc) is 2.49. The molecule has 0 aromatic heterocycles. The van der Waals surface area contributed by atoms with Crippen molar-refractivity contribution in [2.75, 3.05) is 13.1 Å². The lowest BCUT2D eigenvalue weighted by atomic mass is 10.2. The first kappa shape index (κ1) is 17.5. The zero-order chi connectivity index (χ0) is 14.0. The van der Waals surface area contributed by atoms with E-state index in [1.165, 1.54) is 5.56 Å². The summed E-state index contributed by atoms with van der Waals surface area (Å²) in [5, 5.41) is 2.91. The van der Waals surface area contributed by atoms with Crippen LogP contribution in [0.5, 0.6) is 0 Å². The summed E-state index contributed by atoms with van der Waals surface area (Å²) < 4.78 is 0. The minimum atomic E-state index is 0. The van der Waals surface area contributed by atoms with E-state index in [2.05, 4.69) is 41.4 Å². The predicted octanol–water partition coefficient (Wildman–Crippen LogP) is -0.0277. The van der Waals surface area contributed by atoms with E-state index in [9.17, 15) is 0 Å². The molecule has 0 aliphatic carbocycles. The van der Waals surface area contributed by atoms with E-state index in [-0.39, 0.29) is 17.0 Å². The molecule has 0 saturated carbocycles. The van der Waals surface area contributed by atoms with Gasteiger partial charge in [0, 0.05) is 10.6 Å². The van der Waals surface area contributed by atoms with Gasteiger partial charge in [-0.05, 0) is 41.8 Å². The summed E-state index contributed by atoms with van der Waals surface area (Å²) in [5.41, 5.74) is 2.23. The number of rotatable bonds is 4. The lowest BCUT2D eigenvalue weighted by Gasteiger charge is -1.92. The second-order valence-electron chi connectivity index (χ2n) is 4.35. The van der Waals surface area contributed by atoms with Crippen molar-refractivity contribution in [3.05, 3.63) is 76.8 Å². The molecule has 2 aromatic carbocycles. The Morgan fingerprint density at radius 2 is 1.71 bits per heavy atom. The highest BCUT2D eigenvalue weighted by Crippen LogP contribution is 2.08. The first-order chi connectivity index (χ1) is 9.84. The Labute approximate surface area is 141 Å². The van der Waals surface area contributed by atoms with Crippen LogP contribution in [0.3, 0.4) is 0 Å². The van der Waals surface area contributed by atoms with Gasteiger partial charge < -0.3 is 22.3 Å². The molecule has 2 rings (SSSR count). The fourth-order valence-electron chi connectivity index (χ4n) is 1.71. The molecule has 0 amide bonds. The van der Waals surface area contributed by atoms with Gasteiger partial charge in [-0.2, -0.15) is 0 Å². The Balaban J connectivity index is 0.00000220. The molecule has 0 saturated heterocycles. The molecule has 2 N–H and O–H groups in total. The molecule has 0 fully saturated rings. The summed E-state index contributed by atoms with van der Waals surface area (Å²) in [5.74, 6) is 6.25. The Hall–Kier alpha value is -1.53. The second-order valence-corrected chi connectivity index (χ2v) is 4.79. The van der Waals surface area contributed by atoms with Gasteiger partial charge in [0.2, 0.25) is 0 Å². The normalized spacial score (nSPS) is 9.76. The molecule has 0 aliphatic heterocycles. The van der Waals surface area contributed by atoms with Crippen LogP contribution in [0.15, 0.2) is 60.7 Å². The van der Waals surface area contributed by atoms with Crippen molar-refractivity contribution >= 4 is 17.7 Å². The van der Waals surface area contributed by atoms with Gasteiger partial charge in [-0.15, -0.1) is 0 Å². The van der Waals surface area contributed by atoms with Gasteiger partial charge in [0.15, 0.2) is 0 Å². The summed E-state index contributed by atoms with van der Waals surface area (Å²) in [6.45, 7) is 1.73. The summed E-state index contributed by atoms with van der Waals surface area (Å²) in [6.07, 6.45) is 4.28. The van der Waals surface area contributed by atoms with Crippen molar-refractivity contribution in [1.29, 1.82) is 0 Å². The van der Waals surface area contributed by atoms with Crippen molar-refractivity contribution < 1.29 is 22.3 Å². The molecule has 0 unspecified atom stereocenters. The lowest BCUT2D eigenvalue weighted by molar-refractivity contribution is -0.634. The van der Waals surface area contributed by atoms with Crippen LogP contribution in [0.4, 0.5) is 0 Å². The molecule has 3 heteroatoms. The smallest absolute Gasteiger partial charge is 0.138 e. The number of benzene rings is 2. The highest BCUT2D eigenvalue weighted by Gasteiger charge is 1.87. The van der Waals surface area contributed by atoms with Gasteiger partial charge in [-0.25, -0.2) is 0 Å². The van der Waals surface area contributed by atoms with E-state index in [1.807, 2.05) is 42.5 Å². The zero-order valence-corrected chi connectivity index (χ0v) is 13.9. The maximum atomic E-state index is 5.82. The molecule has 0 atom stereocenters. The number of quaternary nitrogens is 1.